The molecule has 0 aliphatic heterocycles. The van der Waals surface area contributed by atoms with E-state index in [0.29, 0.717) is 30.2 Å². The highest BCUT2D eigenvalue weighted by Crippen LogP contribution is 2.64. The molecule has 0 amide bonds. The standard InChI is InChI=1S/C17H22O6S2/c1-10-2-3-14(24(18,19)20)7-15(10)16-13-5-11-4-12(6-13)9-17(16,8-11)25(21,22)23/h2-3,7,11-13,16H,4-6,8-9H2,1H3,(H,18,19,20)(H,21,22,23). The van der Waals surface area contributed by atoms with Crippen LogP contribution in [0.25, 0.3) is 0 Å². The van der Waals surface area contributed by atoms with Crippen LogP contribution in [0.1, 0.15) is 49.1 Å². The number of benzene rings is 1. The molecule has 5 rings (SSSR count). The Kier molecular flexibility index (Phi) is 3.69. The van der Waals surface area contributed by atoms with Gasteiger partial charge in [-0.15, -0.1) is 0 Å². The lowest BCUT2D eigenvalue weighted by Crippen LogP contribution is -2.59. The van der Waals surface area contributed by atoms with Crippen molar-refractivity contribution in [3.8, 4) is 0 Å². The van der Waals surface area contributed by atoms with Gasteiger partial charge in [0, 0.05) is 5.92 Å². The molecule has 4 aliphatic rings. The highest BCUT2D eigenvalue weighted by Gasteiger charge is 2.63. The van der Waals surface area contributed by atoms with Crippen LogP contribution >= 0.6 is 0 Å². The Bertz CT molecular complexity index is 920. The zero-order valence-corrected chi connectivity index (χ0v) is 15.6. The Hall–Kier alpha value is -0.960. The molecule has 4 fully saturated rings. The molecule has 2 N–H and O–H groups in total. The minimum Gasteiger partial charge on any atom is -0.285 e. The summed E-state index contributed by atoms with van der Waals surface area (Å²) in [6, 6.07) is 4.32. The summed E-state index contributed by atoms with van der Waals surface area (Å²) in [5.74, 6) is 0.294. The lowest BCUT2D eigenvalue weighted by molar-refractivity contribution is 0.00835. The van der Waals surface area contributed by atoms with Crippen molar-refractivity contribution in [2.45, 2.75) is 54.6 Å². The highest BCUT2D eigenvalue weighted by molar-refractivity contribution is 7.87. The quantitative estimate of drug-likeness (QED) is 0.773. The van der Waals surface area contributed by atoms with E-state index in [1.807, 2.05) is 6.92 Å². The van der Waals surface area contributed by atoms with Crippen LogP contribution in [0, 0.1) is 24.7 Å². The van der Waals surface area contributed by atoms with Crippen molar-refractivity contribution in [1.82, 2.24) is 0 Å². The molecule has 0 saturated heterocycles. The molecular formula is C17H22O6S2. The monoisotopic (exact) mass is 386 g/mol. The fraction of sp³-hybridized carbons (Fsp3) is 0.647. The molecule has 0 heterocycles. The van der Waals surface area contributed by atoms with Gasteiger partial charge >= 0.3 is 0 Å². The van der Waals surface area contributed by atoms with Gasteiger partial charge in [-0.25, -0.2) is 0 Å². The van der Waals surface area contributed by atoms with Gasteiger partial charge in [0.15, 0.2) is 0 Å². The van der Waals surface area contributed by atoms with Crippen LogP contribution in [0.15, 0.2) is 23.1 Å². The van der Waals surface area contributed by atoms with Crippen molar-refractivity contribution < 1.29 is 25.9 Å². The lowest BCUT2D eigenvalue weighted by Gasteiger charge is -2.59. The largest absolute Gasteiger partial charge is 0.294 e. The van der Waals surface area contributed by atoms with Crippen molar-refractivity contribution in [2.75, 3.05) is 0 Å². The number of rotatable bonds is 3. The summed E-state index contributed by atoms with van der Waals surface area (Å²) < 4.78 is 66.3. The molecule has 3 atom stereocenters. The van der Waals surface area contributed by atoms with E-state index in [1.165, 1.54) is 12.1 Å². The third-order valence-corrected chi connectivity index (χ3v) is 9.11. The molecule has 4 saturated carbocycles. The average Bonchev–Trinajstić information content (AvgIpc) is 2.45. The summed E-state index contributed by atoms with van der Waals surface area (Å²) in [4.78, 5) is -0.229. The molecular weight excluding hydrogens is 364 g/mol. The minimum absolute atomic E-state index is 0.114. The topological polar surface area (TPSA) is 109 Å². The van der Waals surface area contributed by atoms with E-state index in [1.54, 1.807) is 6.07 Å². The van der Waals surface area contributed by atoms with Crippen LogP contribution in [0.2, 0.25) is 0 Å². The van der Waals surface area contributed by atoms with Crippen molar-refractivity contribution >= 4 is 20.2 Å². The van der Waals surface area contributed by atoms with Crippen molar-refractivity contribution in [3.63, 3.8) is 0 Å². The molecule has 0 radical (unpaired) electrons. The Morgan fingerprint density at radius 3 is 2.12 bits per heavy atom. The average molecular weight is 386 g/mol. The van der Waals surface area contributed by atoms with Gasteiger partial charge in [-0.05, 0) is 80.0 Å². The molecule has 1 aromatic rings. The summed E-state index contributed by atoms with van der Waals surface area (Å²) in [5.41, 5.74) is 1.41. The molecule has 1 aromatic carbocycles. The van der Waals surface area contributed by atoms with E-state index in [0.717, 1.165) is 24.8 Å². The van der Waals surface area contributed by atoms with Crippen LogP contribution in [0.4, 0.5) is 0 Å². The number of hydrogen-bond acceptors (Lipinski definition) is 4. The van der Waals surface area contributed by atoms with Crippen LogP contribution < -0.4 is 0 Å². The van der Waals surface area contributed by atoms with E-state index in [4.69, 9.17) is 0 Å². The molecule has 25 heavy (non-hydrogen) atoms. The zero-order chi connectivity index (χ0) is 18.2. The van der Waals surface area contributed by atoms with Crippen LogP contribution in [-0.4, -0.2) is 30.7 Å². The van der Waals surface area contributed by atoms with Gasteiger partial charge in [-0.2, -0.15) is 16.8 Å². The Labute approximate surface area is 148 Å². The van der Waals surface area contributed by atoms with Gasteiger partial charge in [-0.1, -0.05) is 6.07 Å². The molecule has 0 aromatic heterocycles. The van der Waals surface area contributed by atoms with E-state index in [-0.39, 0.29) is 10.8 Å². The first-order valence-electron chi connectivity index (χ1n) is 8.56. The predicted molar refractivity (Wildman–Crippen MR) is 91.6 cm³/mol. The summed E-state index contributed by atoms with van der Waals surface area (Å²) in [6.45, 7) is 1.81. The molecule has 0 spiro atoms. The van der Waals surface area contributed by atoms with E-state index in [2.05, 4.69) is 0 Å². The number of aryl methyl sites for hydroxylation is 1. The summed E-state index contributed by atoms with van der Waals surface area (Å²) in [6.07, 6.45) is 3.70. The summed E-state index contributed by atoms with van der Waals surface area (Å²) in [7, 11) is -8.67. The van der Waals surface area contributed by atoms with Crippen molar-refractivity contribution in [2.24, 2.45) is 17.8 Å². The number of hydrogen-bond donors (Lipinski definition) is 2. The lowest BCUT2D eigenvalue weighted by atomic mass is 9.50. The van der Waals surface area contributed by atoms with Gasteiger partial charge in [0.2, 0.25) is 0 Å². The highest BCUT2D eigenvalue weighted by atomic mass is 32.2. The minimum atomic E-state index is -4.37. The normalized spacial score (nSPS) is 37.4. The summed E-state index contributed by atoms with van der Waals surface area (Å²) in [5, 5.41) is 0. The first kappa shape index (κ1) is 17.5. The fourth-order valence-electron chi connectivity index (χ4n) is 5.99. The molecule has 8 heteroatoms. The van der Waals surface area contributed by atoms with E-state index in [9.17, 15) is 25.9 Å². The second kappa shape index (κ2) is 5.28. The maximum Gasteiger partial charge on any atom is 0.294 e. The second-order valence-electron chi connectivity index (χ2n) is 8.12. The maximum atomic E-state index is 12.4. The Morgan fingerprint density at radius 1 is 1.00 bits per heavy atom. The third-order valence-electron chi connectivity index (χ3n) is 6.64. The third kappa shape index (κ3) is 2.57. The Morgan fingerprint density at radius 2 is 1.60 bits per heavy atom. The van der Waals surface area contributed by atoms with Crippen LogP contribution in [-0.2, 0) is 20.2 Å². The van der Waals surface area contributed by atoms with Gasteiger partial charge in [0.1, 0.15) is 4.75 Å². The predicted octanol–water partition coefficient (Wildman–Crippen LogP) is 2.79. The van der Waals surface area contributed by atoms with Crippen molar-refractivity contribution in [1.29, 1.82) is 0 Å². The van der Waals surface area contributed by atoms with Gasteiger partial charge in [0.05, 0.1) is 4.90 Å². The maximum absolute atomic E-state index is 12.4. The second-order valence-corrected chi connectivity index (χ2v) is 11.3. The fourth-order valence-corrected chi connectivity index (χ4v) is 8.04. The molecule has 6 nitrogen and oxygen atoms in total. The van der Waals surface area contributed by atoms with Crippen LogP contribution in [0.3, 0.4) is 0 Å². The molecule has 138 valence electrons. The molecule has 4 aliphatic carbocycles. The smallest absolute Gasteiger partial charge is 0.285 e. The summed E-state index contributed by atoms with van der Waals surface area (Å²) >= 11 is 0. The van der Waals surface area contributed by atoms with Gasteiger partial charge in [-0.3, -0.25) is 9.11 Å². The Balaban J connectivity index is 1.92. The van der Waals surface area contributed by atoms with Crippen molar-refractivity contribution in [3.05, 3.63) is 29.3 Å². The van der Waals surface area contributed by atoms with E-state index >= 15 is 0 Å². The molecule has 4 bridgehead atoms. The molecule has 3 unspecified atom stereocenters. The zero-order valence-electron chi connectivity index (χ0n) is 13.9. The first-order chi connectivity index (χ1) is 11.5. The van der Waals surface area contributed by atoms with Gasteiger partial charge < -0.3 is 0 Å². The SMILES string of the molecule is Cc1ccc(S(=O)(=O)O)cc1C1C2CC3CC(C2)CC1(S(=O)(=O)O)C3. The van der Waals surface area contributed by atoms with E-state index < -0.39 is 30.9 Å². The van der Waals surface area contributed by atoms with Gasteiger partial charge in [0.25, 0.3) is 20.2 Å². The first-order valence-corrected chi connectivity index (χ1v) is 11.4. The van der Waals surface area contributed by atoms with Crippen LogP contribution in [0.5, 0.6) is 0 Å².